The molecule has 4 N–H and O–H groups in total. The van der Waals surface area contributed by atoms with E-state index in [-0.39, 0.29) is 34.6 Å². The first-order chi connectivity index (χ1) is 20.7. The predicted molar refractivity (Wildman–Crippen MR) is 174 cm³/mol. The van der Waals surface area contributed by atoms with Gasteiger partial charge >= 0.3 is 6.03 Å². The number of nitrogens with one attached hydrogen (secondary N) is 4. The van der Waals surface area contributed by atoms with Crippen molar-refractivity contribution in [2.75, 3.05) is 32.4 Å². The van der Waals surface area contributed by atoms with Gasteiger partial charge in [-0.05, 0) is 34.5 Å². The molecule has 0 radical (unpaired) electrons. The molecule has 3 fully saturated rings. The van der Waals surface area contributed by atoms with Gasteiger partial charge in [0.2, 0.25) is 17.6 Å². The lowest BCUT2D eigenvalue weighted by Gasteiger charge is -2.39. The van der Waals surface area contributed by atoms with Gasteiger partial charge in [-0.1, -0.05) is 75.2 Å². The minimum atomic E-state index is -1.07. The lowest BCUT2D eigenvalue weighted by molar-refractivity contribution is -0.145. The molecule has 0 bridgehead atoms. The molecule has 2 unspecified atom stereocenters. The van der Waals surface area contributed by atoms with Crippen LogP contribution in [0, 0.1) is 28.1 Å². The molecule has 1 saturated carbocycles. The number of likely N-dealkylation sites (tertiary alicyclic amines) is 1. The van der Waals surface area contributed by atoms with Gasteiger partial charge in [0.25, 0.3) is 5.91 Å². The Morgan fingerprint density at radius 1 is 1.00 bits per heavy atom. The van der Waals surface area contributed by atoms with E-state index in [0.29, 0.717) is 38.2 Å². The molecular weight excluding hydrogens is 596 g/mol. The zero-order valence-corrected chi connectivity index (χ0v) is 29.7. The molecule has 45 heavy (non-hydrogen) atoms. The number of carbonyl (C=O) groups is 5. The van der Waals surface area contributed by atoms with Crippen molar-refractivity contribution in [3.05, 3.63) is 0 Å². The van der Waals surface area contributed by atoms with Crippen LogP contribution in [0.25, 0.3) is 0 Å². The summed E-state index contributed by atoms with van der Waals surface area (Å²) >= 11 is -1.07. The van der Waals surface area contributed by atoms with Crippen molar-refractivity contribution in [2.45, 2.75) is 112 Å². The first-order valence-electron chi connectivity index (χ1n) is 16.3. The Morgan fingerprint density at radius 3 is 2.16 bits per heavy atom. The van der Waals surface area contributed by atoms with Crippen molar-refractivity contribution < 1.29 is 28.5 Å². The second kappa shape index (κ2) is 14.2. The highest BCUT2D eigenvalue weighted by atomic mass is 32.2. The molecule has 3 aliphatic rings. The monoisotopic (exact) mass is 652 g/mol. The van der Waals surface area contributed by atoms with Crippen molar-refractivity contribution in [2.24, 2.45) is 28.1 Å². The summed E-state index contributed by atoms with van der Waals surface area (Å²) in [5.41, 5.74) is -1.19. The Hall–Kier alpha value is -2.38. The molecule has 12 nitrogen and oxygen atoms in total. The normalized spacial score (nSPS) is 26.3. The third kappa shape index (κ3) is 8.51. The number of piperidine rings is 1. The number of ketones is 1. The maximum absolute atomic E-state index is 14.3. The van der Waals surface area contributed by atoms with Gasteiger partial charge in [-0.15, -0.1) is 4.31 Å². The summed E-state index contributed by atoms with van der Waals surface area (Å²) < 4.78 is 14.3. The highest BCUT2D eigenvalue weighted by Crippen LogP contribution is 2.65. The van der Waals surface area contributed by atoms with Crippen LogP contribution in [0.2, 0.25) is 0 Å². The highest BCUT2D eigenvalue weighted by Gasteiger charge is 2.70. The number of hydrogen-bond donors (Lipinski definition) is 4. The molecule has 2 saturated heterocycles. The summed E-state index contributed by atoms with van der Waals surface area (Å²) in [4.78, 5) is 68.3. The summed E-state index contributed by atoms with van der Waals surface area (Å²) in [6, 6.07) is -3.60. The summed E-state index contributed by atoms with van der Waals surface area (Å²) in [6.07, 6.45) is 2.59. The van der Waals surface area contributed by atoms with E-state index in [1.165, 1.54) is 7.05 Å². The third-order valence-electron chi connectivity index (χ3n) is 9.83. The van der Waals surface area contributed by atoms with Crippen LogP contribution in [0.4, 0.5) is 4.79 Å². The van der Waals surface area contributed by atoms with Gasteiger partial charge in [0, 0.05) is 37.9 Å². The Balaban J connectivity index is 1.81. The van der Waals surface area contributed by atoms with Gasteiger partial charge in [-0.3, -0.25) is 19.2 Å². The fraction of sp³-hybridized carbons (Fsp3) is 0.844. The largest absolute Gasteiger partial charge is 0.598 e. The number of urea groups is 1. The zero-order valence-electron chi connectivity index (χ0n) is 28.9. The second-order valence-electron chi connectivity index (χ2n) is 15.6. The number of nitrogens with zero attached hydrogens (tertiary/aromatic N) is 2. The molecule has 0 spiro atoms. The maximum atomic E-state index is 14.3. The molecule has 5 amide bonds. The van der Waals surface area contributed by atoms with Gasteiger partial charge in [-0.25, -0.2) is 4.79 Å². The quantitative estimate of drug-likeness (QED) is 0.185. The molecule has 13 heteroatoms. The van der Waals surface area contributed by atoms with Gasteiger partial charge in [-0.2, -0.15) is 0 Å². The summed E-state index contributed by atoms with van der Waals surface area (Å²) in [5, 5.41) is 11.1. The summed E-state index contributed by atoms with van der Waals surface area (Å²) in [5.74, 6) is -1.69. The van der Waals surface area contributed by atoms with Crippen molar-refractivity contribution in [3.63, 3.8) is 0 Å². The highest BCUT2D eigenvalue weighted by molar-refractivity contribution is 7.89. The lowest BCUT2D eigenvalue weighted by atomic mass is 9.85. The fourth-order valence-electron chi connectivity index (χ4n) is 6.68. The SMILES string of the molecule is CCCCC(NC(=O)[C@@H]1[C@@H]2[C@H](CN1C(=O)[C@@H](NC(=O)N[C@H](CN1CCC[S+]1[O-])C(C)(C)C)C(C)(C)C)C2(C)C)C(=O)C(=O)NC. The van der Waals surface area contributed by atoms with Crippen molar-refractivity contribution in [1.82, 2.24) is 30.5 Å². The van der Waals surface area contributed by atoms with E-state index < -0.39 is 58.5 Å². The van der Waals surface area contributed by atoms with Crippen molar-refractivity contribution in [3.8, 4) is 0 Å². The topological polar surface area (TPSA) is 163 Å². The number of likely N-dealkylation sites (N-methyl/N-ethyl adjacent to an activating group) is 1. The average molecular weight is 653 g/mol. The number of hydrogen-bond acceptors (Lipinski definition) is 7. The molecule has 0 aromatic rings. The Labute approximate surface area is 272 Å². The van der Waals surface area contributed by atoms with Gasteiger partial charge in [0.1, 0.15) is 17.8 Å². The van der Waals surface area contributed by atoms with Crippen LogP contribution < -0.4 is 21.3 Å². The molecule has 7 atom stereocenters. The van der Waals surface area contributed by atoms with Crippen LogP contribution in [0.3, 0.4) is 0 Å². The zero-order chi connectivity index (χ0) is 34.1. The molecule has 2 aliphatic heterocycles. The minimum Gasteiger partial charge on any atom is -0.598 e. The molecule has 0 aromatic carbocycles. The molecular formula is C32H56N6O6S. The smallest absolute Gasteiger partial charge is 0.315 e. The van der Waals surface area contributed by atoms with E-state index in [1.807, 2.05) is 52.8 Å². The first-order valence-corrected chi connectivity index (χ1v) is 17.6. The predicted octanol–water partition coefficient (Wildman–Crippen LogP) is 1.96. The van der Waals surface area contributed by atoms with Gasteiger partial charge in [0.15, 0.2) is 0 Å². The van der Waals surface area contributed by atoms with Gasteiger partial charge in [0.05, 0.1) is 18.6 Å². The van der Waals surface area contributed by atoms with Crippen molar-refractivity contribution in [1.29, 1.82) is 0 Å². The van der Waals surface area contributed by atoms with E-state index in [9.17, 15) is 28.5 Å². The molecule has 1 aliphatic carbocycles. The number of carbonyl (C=O) groups excluding carboxylic acids is 5. The van der Waals surface area contributed by atoms with Crippen LogP contribution in [-0.4, -0.2) is 99.9 Å². The molecule has 3 rings (SSSR count). The average Bonchev–Trinajstić information content (AvgIpc) is 3.27. The standard InChI is InChI=1S/C32H56N6O6S/c1-11-12-14-20(24(39)27(41)33-10)34-26(40)23-22-19(32(22,8)9)17-38(23)28(42)25(31(5,6)7)36-29(43)35-21(30(2,3)4)18-37-15-13-16-45(37)44/h19-23,25H,11-18H2,1-10H3,(H,33,41)(H,34,40)(H2,35,36,43)/t19-,20?,21+,22-,23-,25+,45?/m0/s1. The van der Waals surface area contributed by atoms with Crippen molar-refractivity contribution >= 4 is 40.9 Å². The number of Topliss-reactive ketones (excluding diaryl/α,β-unsaturated/α-hetero) is 1. The number of amides is 5. The van der Waals surface area contributed by atoms with Gasteiger partial charge < -0.3 is 30.7 Å². The third-order valence-corrected chi connectivity index (χ3v) is 11.4. The maximum Gasteiger partial charge on any atom is 0.315 e. The number of rotatable bonds is 12. The van der Waals surface area contributed by atoms with E-state index >= 15 is 0 Å². The number of fused-ring (bicyclic) bond motifs is 1. The molecule has 256 valence electrons. The summed E-state index contributed by atoms with van der Waals surface area (Å²) in [6.45, 7) is 19.2. The van der Waals surface area contributed by atoms with E-state index in [0.717, 1.165) is 12.8 Å². The van der Waals surface area contributed by atoms with E-state index in [2.05, 4.69) is 35.1 Å². The Bertz CT molecular complexity index is 1130. The van der Waals surface area contributed by atoms with Crippen LogP contribution in [0.15, 0.2) is 0 Å². The van der Waals surface area contributed by atoms with E-state index in [1.54, 1.807) is 4.90 Å². The lowest BCUT2D eigenvalue weighted by Crippen LogP contribution is -2.62. The fourth-order valence-corrected chi connectivity index (χ4v) is 7.97. The Kier molecular flexibility index (Phi) is 11.7. The van der Waals surface area contributed by atoms with Crippen LogP contribution in [0.1, 0.15) is 88.0 Å². The minimum absolute atomic E-state index is 0.0991. The first kappa shape index (κ1) is 37.1. The second-order valence-corrected chi connectivity index (χ2v) is 17.2. The summed E-state index contributed by atoms with van der Waals surface area (Å²) in [7, 11) is 1.38. The number of unbranched alkanes of at least 4 members (excludes halogenated alkanes) is 1. The van der Waals surface area contributed by atoms with Crippen LogP contribution >= 0.6 is 0 Å². The van der Waals surface area contributed by atoms with Crippen LogP contribution in [0.5, 0.6) is 0 Å². The molecule has 2 heterocycles. The molecule has 0 aromatic heterocycles. The Morgan fingerprint density at radius 2 is 1.64 bits per heavy atom. The van der Waals surface area contributed by atoms with E-state index in [4.69, 9.17) is 0 Å². The van der Waals surface area contributed by atoms with Crippen LogP contribution in [-0.2, 0) is 30.5 Å².